The SMILES string of the molecule is COC(=O)N[C@H](C(=O)N1CCC[C@H]1C(=O)Nc1ccc([C@H]2CC[C@H](c3ccc(NC(=O)[C@@H]4CCCN4C(=O)[C@@H](NC(=O)OC)C(C)C)c(N)c3)N2c2cccc(-c3ccc(N4CCOCC4)nc3)c2)cc1N)C(C)C. The molecule has 6 amide bonds. The van der Waals surface area contributed by atoms with Crippen LogP contribution in [-0.2, 0) is 33.4 Å². The molecule has 4 fully saturated rings. The Morgan fingerprint density at radius 1 is 0.627 bits per heavy atom. The number of hydrogen-bond acceptors (Lipinski definition) is 14. The van der Waals surface area contributed by atoms with E-state index in [1.807, 2.05) is 70.3 Å². The predicted octanol–water partition coefficient (Wildman–Crippen LogP) is 6.45. The number of morpholine rings is 1. The second-order valence-electron chi connectivity index (χ2n) is 20.3. The molecule has 0 bridgehead atoms. The summed E-state index contributed by atoms with van der Waals surface area (Å²) in [7, 11) is 2.47. The van der Waals surface area contributed by atoms with Crippen LogP contribution in [0, 0.1) is 11.8 Å². The molecule has 5 heterocycles. The van der Waals surface area contributed by atoms with Crippen molar-refractivity contribution in [3.63, 3.8) is 0 Å². The average molecular weight is 1030 g/mol. The van der Waals surface area contributed by atoms with Gasteiger partial charge in [0.25, 0.3) is 0 Å². The number of hydrogen-bond donors (Lipinski definition) is 6. The highest BCUT2D eigenvalue weighted by Gasteiger charge is 2.42. The molecule has 20 nitrogen and oxygen atoms in total. The smallest absolute Gasteiger partial charge is 0.407 e. The number of aromatic nitrogens is 1. The van der Waals surface area contributed by atoms with Gasteiger partial charge in [-0.25, -0.2) is 14.6 Å². The lowest BCUT2D eigenvalue weighted by molar-refractivity contribution is -0.139. The lowest BCUT2D eigenvalue weighted by atomic mass is 10.0. The minimum Gasteiger partial charge on any atom is -0.453 e. The summed E-state index contributed by atoms with van der Waals surface area (Å²) < 4.78 is 15.1. The number of ether oxygens (including phenoxy) is 3. The van der Waals surface area contributed by atoms with E-state index >= 15 is 0 Å². The third-order valence-corrected chi connectivity index (χ3v) is 14.8. The molecule has 1 aromatic heterocycles. The largest absolute Gasteiger partial charge is 0.453 e. The molecule has 4 saturated heterocycles. The number of rotatable bonds is 15. The van der Waals surface area contributed by atoms with Crippen molar-refractivity contribution in [2.75, 3.05) is 85.5 Å². The van der Waals surface area contributed by atoms with E-state index in [1.54, 1.807) is 12.1 Å². The molecule has 8 N–H and O–H groups in total. The van der Waals surface area contributed by atoms with Crippen LogP contribution < -0.4 is 42.5 Å². The lowest BCUT2D eigenvalue weighted by Crippen LogP contribution is -2.54. The van der Waals surface area contributed by atoms with Gasteiger partial charge in [-0.05, 0) is 116 Å². The Morgan fingerprint density at radius 3 is 1.57 bits per heavy atom. The third kappa shape index (κ3) is 12.0. The van der Waals surface area contributed by atoms with Gasteiger partial charge in [-0.2, -0.15) is 0 Å². The standard InChI is InChI=1S/C55H71N11O9/c1-32(2)48(61-54(71)73-5)52(69)64-22-8-12-45(64)50(67)59-41-17-14-35(29-39(41)56)43-19-20-44(66(43)38-11-7-10-34(28-38)37-16-21-47(58-31-37)63-24-26-75-27-25-63)36-15-18-42(40(57)30-36)60-51(68)46-13-9-23-65(46)53(70)49(33(3)4)62-55(72)74-6/h7,10-11,14-18,21,28-33,43-46,48-49H,8-9,12-13,19-20,22-27,56-57H2,1-6H3,(H,59,67)(H,60,68)(H,61,71)(H,62,72)/t43-,44-,45+,46+,48+,49+/m1/s1. The van der Waals surface area contributed by atoms with Gasteiger partial charge in [0.1, 0.15) is 30.0 Å². The van der Waals surface area contributed by atoms with Crippen LogP contribution in [0.1, 0.15) is 89.4 Å². The van der Waals surface area contributed by atoms with E-state index in [-0.39, 0.29) is 47.5 Å². The van der Waals surface area contributed by atoms with Gasteiger partial charge in [-0.15, -0.1) is 0 Å². The molecule has 0 saturated carbocycles. The van der Waals surface area contributed by atoms with E-state index in [0.29, 0.717) is 74.7 Å². The molecule has 20 heteroatoms. The molecule has 6 atom stereocenters. The molecule has 0 unspecified atom stereocenters. The third-order valence-electron chi connectivity index (χ3n) is 14.8. The minimum absolute atomic E-state index is 0.174. The zero-order chi connectivity index (χ0) is 53.5. The number of amides is 6. The highest BCUT2D eigenvalue weighted by Crippen LogP contribution is 2.49. The molecule has 75 heavy (non-hydrogen) atoms. The van der Waals surface area contributed by atoms with Crippen molar-refractivity contribution in [3.05, 3.63) is 90.1 Å². The summed E-state index contributed by atoms with van der Waals surface area (Å²) in [4.78, 5) is 92.0. The van der Waals surface area contributed by atoms with Crippen LogP contribution in [0.3, 0.4) is 0 Å². The van der Waals surface area contributed by atoms with Gasteiger partial charge in [-0.1, -0.05) is 52.0 Å². The summed E-state index contributed by atoms with van der Waals surface area (Å²) in [5.41, 5.74) is 19.9. The fourth-order valence-corrected chi connectivity index (χ4v) is 10.8. The van der Waals surface area contributed by atoms with Crippen molar-refractivity contribution in [1.29, 1.82) is 0 Å². The Kier molecular flexibility index (Phi) is 17.0. The van der Waals surface area contributed by atoms with Crippen LogP contribution in [0.25, 0.3) is 11.1 Å². The van der Waals surface area contributed by atoms with Gasteiger partial charge in [0, 0.05) is 43.6 Å². The maximum Gasteiger partial charge on any atom is 0.407 e. The monoisotopic (exact) mass is 1030 g/mol. The van der Waals surface area contributed by atoms with Crippen molar-refractivity contribution in [2.45, 2.75) is 102 Å². The lowest BCUT2D eigenvalue weighted by Gasteiger charge is -2.34. The zero-order valence-electron chi connectivity index (χ0n) is 43.7. The van der Waals surface area contributed by atoms with Crippen molar-refractivity contribution in [3.8, 4) is 11.1 Å². The van der Waals surface area contributed by atoms with Gasteiger partial charge in [0.15, 0.2) is 0 Å². The maximum atomic E-state index is 13.9. The number of pyridine rings is 1. The van der Waals surface area contributed by atoms with Crippen LogP contribution in [0.5, 0.6) is 0 Å². The number of alkyl carbamates (subject to hydrolysis) is 2. The number of carbonyl (C=O) groups excluding carboxylic acids is 6. The van der Waals surface area contributed by atoms with Crippen LogP contribution in [0.2, 0.25) is 0 Å². The van der Waals surface area contributed by atoms with E-state index in [4.69, 9.17) is 30.7 Å². The van der Waals surface area contributed by atoms with Crippen molar-refractivity contribution >= 4 is 70.1 Å². The summed E-state index contributed by atoms with van der Waals surface area (Å²) in [6.07, 6.45) is 4.09. The number of nitrogen functional groups attached to an aromatic ring is 2. The van der Waals surface area contributed by atoms with Crippen molar-refractivity contribution < 1.29 is 43.0 Å². The number of likely N-dealkylation sites (tertiary alicyclic amines) is 2. The molecular weight excluding hydrogens is 959 g/mol. The summed E-state index contributed by atoms with van der Waals surface area (Å²) >= 11 is 0. The van der Waals surface area contributed by atoms with E-state index in [1.165, 1.54) is 24.0 Å². The number of methoxy groups -OCH3 is 2. The van der Waals surface area contributed by atoms with Crippen LogP contribution in [0.15, 0.2) is 79.0 Å². The normalized spacial score (nSPS) is 20.4. The van der Waals surface area contributed by atoms with Gasteiger partial charge < -0.3 is 66.5 Å². The van der Waals surface area contributed by atoms with E-state index < -0.39 is 36.4 Å². The highest BCUT2D eigenvalue weighted by atomic mass is 16.5. The molecule has 0 radical (unpaired) electrons. The van der Waals surface area contributed by atoms with Gasteiger partial charge in [0.2, 0.25) is 23.6 Å². The first kappa shape index (κ1) is 53.7. The van der Waals surface area contributed by atoms with Crippen LogP contribution in [0.4, 0.5) is 43.8 Å². The second kappa shape index (κ2) is 23.7. The zero-order valence-corrected chi connectivity index (χ0v) is 43.7. The first-order chi connectivity index (χ1) is 36.1. The molecule has 8 rings (SSSR count). The molecule has 400 valence electrons. The maximum absolute atomic E-state index is 13.9. The fourth-order valence-electron chi connectivity index (χ4n) is 10.8. The van der Waals surface area contributed by atoms with Gasteiger partial charge in [0.05, 0.1) is 62.3 Å². The summed E-state index contributed by atoms with van der Waals surface area (Å²) in [5, 5.41) is 11.2. The number of anilines is 6. The Labute approximate surface area is 438 Å². The van der Waals surface area contributed by atoms with E-state index in [0.717, 1.165) is 59.7 Å². The van der Waals surface area contributed by atoms with E-state index in [9.17, 15) is 28.8 Å². The fraction of sp³-hybridized carbons (Fsp3) is 0.473. The molecule has 0 spiro atoms. The number of benzene rings is 3. The number of carbonyl (C=O) groups is 6. The quantitative estimate of drug-likeness (QED) is 0.0700. The summed E-state index contributed by atoms with van der Waals surface area (Å²) in [6, 6.07) is 20.2. The molecule has 4 aliphatic heterocycles. The second-order valence-corrected chi connectivity index (χ2v) is 20.3. The Morgan fingerprint density at radius 2 is 1.13 bits per heavy atom. The van der Waals surface area contributed by atoms with Crippen LogP contribution >= 0.6 is 0 Å². The van der Waals surface area contributed by atoms with Crippen molar-refractivity contribution in [1.82, 2.24) is 25.4 Å². The topological polar surface area (TPSA) is 256 Å². The van der Waals surface area contributed by atoms with Gasteiger partial charge >= 0.3 is 12.2 Å². The Bertz CT molecular complexity index is 2600. The predicted molar refractivity (Wildman–Crippen MR) is 287 cm³/mol. The number of nitrogens with two attached hydrogens (primary N) is 2. The Hall–Kier alpha value is -7.61. The highest BCUT2D eigenvalue weighted by molar-refractivity contribution is 6.01. The van der Waals surface area contributed by atoms with E-state index in [2.05, 4.69) is 55.3 Å². The summed E-state index contributed by atoms with van der Waals surface area (Å²) in [6.45, 7) is 10.9. The minimum atomic E-state index is -0.864. The number of nitrogens with one attached hydrogen (secondary N) is 4. The molecule has 4 aliphatic rings. The average Bonchev–Trinajstić information content (AvgIpc) is 4.22. The molecule has 3 aromatic carbocycles. The summed E-state index contributed by atoms with van der Waals surface area (Å²) in [5.74, 6) is -1.03. The molecule has 4 aromatic rings. The van der Waals surface area contributed by atoms with Crippen molar-refractivity contribution in [2.24, 2.45) is 11.8 Å². The van der Waals surface area contributed by atoms with Gasteiger partial charge in [-0.3, -0.25) is 19.2 Å². The first-order valence-corrected chi connectivity index (χ1v) is 25.9. The number of nitrogens with zero attached hydrogens (tertiary/aromatic N) is 5. The molecule has 0 aliphatic carbocycles. The first-order valence-electron chi connectivity index (χ1n) is 25.9. The van der Waals surface area contributed by atoms with Crippen LogP contribution in [-0.4, -0.2) is 128 Å². The Balaban J connectivity index is 1.05. The molecular formula is C55H71N11O9.